The van der Waals surface area contributed by atoms with Crippen molar-refractivity contribution in [2.45, 2.75) is 31.5 Å². The number of hydrogen-bond donors (Lipinski definition) is 3. The van der Waals surface area contributed by atoms with Gasteiger partial charge >= 0.3 is 0 Å². The highest BCUT2D eigenvalue weighted by Crippen LogP contribution is 2.37. The number of aryl methyl sites for hydroxylation is 1. The summed E-state index contributed by atoms with van der Waals surface area (Å²) in [6.07, 6.45) is -0.813. The van der Waals surface area contributed by atoms with E-state index in [9.17, 15) is 15.3 Å². The Labute approximate surface area is 154 Å². The van der Waals surface area contributed by atoms with Gasteiger partial charge in [0.1, 0.15) is 30.3 Å². The van der Waals surface area contributed by atoms with Crippen molar-refractivity contribution >= 4 is 22.6 Å². The quantitative estimate of drug-likeness (QED) is 0.644. The van der Waals surface area contributed by atoms with E-state index in [1.165, 1.54) is 6.33 Å². The Morgan fingerprint density at radius 1 is 1.15 bits per heavy atom. The summed E-state index contributed by atoms with van der Waals surface area (Å²) in [6, 6.07) is 7.38. The molecular weight excluding hydrogens is 358 g/mol. The Morgan fingerprint density at radius 3 is 2.54 bits per heavy atom. The summed E-state index contributed by atoms with van der Waals surface area (Å²) in [7, 11) is 0. The van der Waals surface area contributed by atoms with Crippen LogP contribution >= 0.6 is 11.6 Å². The fourth-order valence-electron chi connectivity index (χ4n) is 3.39. The van der Waals surface area contributed by atoms with Crippen molar-refractivity contribution in [1.82, 2.24) is 14.5 Å². The van der Waals surface area contributed by atoms with Crippen LogP contribution in [-0.2, 0) is 4.74 Å². The van der Waals surface area contributed by atoms with Crippen molar-refractivity contribution < 1.29 is 20.1 Å². The summed E-state index contributed by atoms with van der Waals surface area (Å²) in [6.45, 7) is 1.50. The minimum atomic E-state index is -1.18. The topological polar surface area (TPSA) is 101 Å². The van der Waals surface area contributed by atoms with Crippen molar-refractivity contribution in [1.29, 1.82) is 0 Å². The molecule has 1 aliphatic heterocycles. The van der Waals surface area contributed by atoms with E-state index < -0.39 is 24.5 Å². The van der Waals surface area contributed by atoms with E-state index in [-0.39, 0.29) is 6.61 Å². The van der Waals surface area contributed by atoms with E-state index in [4.69, 9.17) is 16.3 Å². The zero-order chi connectivity index (χ0) is 18.4. The molecule has 0 saturated carbocycles. The van der Waals surface area contributed by atoms with Gasteiger partial charge in [0.15, 0.2) is 6.23 Å². The van der Waals surface area contributed by atoms with Crippen molar-refractivity contribution in [3.63, 3.8) is 0 Å². The average molecular weight is 376 g/mol. The van der Waals surface area contributed by atoms with Crippen LogP contribution in [0, 0.1) is 6.92 Å². The van der Waals surface area contributed by atoms with Gasteiger partial charge in [0.05, 0.1) is 12.3 Å². The van der Waals surface area contributed by atoms with E-state index in [1.807, 2.05) is 25.3 Å². The third-order valence-electron chi connectivity index (χ3n) is 4.75. The lowest BCUT2D eigenvalue weighted by Crippen LogP contribution is -2.33. The van der Waals surface area contributed by atoms with Gasteiger partial charge in [0.25, 0.3) is 0 Å². The predicted molar refractivity (Wildman–Crippen MR) is 95.7 cm³/mol. The number of aromatic nitrogens is 3. The SMILES string of the molecule is Cc1ncnc2c1c(-c1ccc(Cl)cc1)cn2[C@@H]1O[C@H](CO)[C@@H](O)[C@H]1O. The van der Waals surface area contributed by atoms with Crippen LogP contribution in [0.15, 0.2) is 36.8 Å². The van der Waals surface area contributed by atoms with Crippen LogP contribution in [0.2, 0.25) is 5.02 Å². The Kier molecular flexibility index (Phi) is 4.42. The molecule has 4 atom stereocenters. The molecule has 4 rings (SSSR count). The van der Waals surface area contributed by atoms with Crippen molar-refractivity contribution in [3.8, 4) is 11.1 Å². The number of rotatable bonds is 3. The monoisotopic (exact) mass is 375 g/mol. The molecule has 1 aliphatic rings. The van der Waals surface area contributed by atoms with Crippen LogP contribution in [0.25, 0.3) is 22.2 Å². The second-order valence-corrected chi connectivity index (χ2v) is 6.78. The second-order valence-electron chi connectivity index (χ2n) is 6.34. The van der Waals surface area contributed by atoms with Gasteiger partial charge in [-0.3, -0.25) is 0 Å². The van der Waals surface area contributed by atoms with E-state index in [2.05, 4.69) is 9.97 Å². The maximum atomic E-state index is 10.4. The van der Waals surface area contributed by atoms with Crippen LogP contribution in [0.1, 0.15) is 11.9 Å². The summed E-state index contributed by atoms with van der Waals surface area (Å²) in [4.78, 5) is 8.62. The molecule has 3 heterocycles. The van der Waals surface area contributed by atoms with Gasteiger partial charge < -0.3 is 24.6 Å². The molecule has 1 saturated heterocycles. The number of ether oxygens (including phenoxy) is 1. The number of hydrogen-bond acceptors (Lipinski definition) is 6. The normalized spacial score (nSPS) is 25.9. The van der Waals surface area contributed by atoms with E-state index in [0.29, 0.717) is 10.7 Å². The number of aliphatic hydroxyl groups excluding tert-OH is 3. The molecule has 1 fully saturated rings. The summed E-state index contributed by atoms with van der Waals surface area (Å²) < 4.78 is 7.35. The minimum Gasteiger partial charge on any atom is -0.394 e. The van der Waals surface area contributed by atoms with E-state index in [0.717, 1.165) is 22.2 Å². The maximum Gasteiger partial charge on any atom is 0.164 e. The number of aliphatic hydroxyl groups is 3. The smallest absolute Gasteiger partial charge is 0.164 e. The molecule has 0 aliphatic carbocycles. The first kappa shape index (κ1) is 17.4. The fourth-order valence-corrected chi connectivity index (χ4v) is 3.52. The molecule has 2 aromatic heterocycles. The summed E-state index contributed by atoms with van der Waals surface area (Å²) >= 11 is 5.99. The number of benzene rings is 1. The summed E-state index contributed by atoms with van der Waals surface area (Å²) in [5, 5.41) is 31.3. The lowest BCUT2D eigenvalue weighted by Gasteiger charge is -2.17. The highest BCUT2D eigenvalue weighted by Gasteiger charge is 2.44. The van der Waals surface area contributed by atoms with Gasteiger partial charge in [-0.2, -0.15) is 0 Å². The zero-order valence-electron chi connectivity index (χ0n) is 14.0. The Hall–Kier alpha value is -2.03. The number of halogens is 1. The van der Waals surface area contributed by atoms with Crippen LogP contribution in [0.5, 0.6) is 0 Å². The van der Waals surface area contributed by atoms with Gasteiger partial charge in [-0.1, -0.05) is 23.7 Å². The van der Waals surface area contributed by atoms with E-state index in [1.54, 1.807) is 16.7 Å². The van der Waals surface area contributed by atoms with Crippen LogP contribution in [0.4, 0.5) is 0 Å². The Bertz CT molecular complexity index is 944. The predicted octanol–water partition coefficient (Wildman–Crippen LogP) is 1.67. The van der Waals surface area contributed by atoms with Crippen molar-refractivity contribution in [2.75, 3.05) is 6.61 Å². The molecule has 0 bridgehead atoms. The molecular formula is C18H18ClN3O4. The second kappa shape index (κ2) is 6.61. The van der Waals surface area contributed by atoms with Gasteiger partial charge in [-0.05, 0) is 24.6 Å². The molecule has 1 aromatic carbocycles. The molecule has 0 spiro atoms. The third kappa shape index (κ3) is 2.69. The highest BCUT2D eigenvalue weighted by atomic mass is 35.5. The zero-order valence-corrected chi connectivity index (χ0v) is 14.7. The fraction of sp³-hybridized carbons (Fsp3) is 0.333. The van der Waals surface area contributed by atoms with Crippen LogP contribution < -0.4 is 0 Å². The van der Waals surface area contributed by atoms with Crippen LogP contribution in [0.3, 0.4) is 0 Å². The lowest BCUT2D eigenvalue weighted by atomic mass is 10.1. The first-order chi connectivity index (χ1) is 12.5. The number of nitrogens with zero attached hydrogens (tertiary/aromatic N) is 3. The first-order valence-corrected chi connectivity index (χ1v) is 8.59. The molecule has 3 N–H and O–H groups in total. The molecule has 8 heteroatoms. The standard InChI is InChI=1S/C18H18ClN3O4/c1-9-14-12(10-2-4-11(19)5-3-10)6-22(17(14)21-8-20-9)18-16(25)15(24)13(7-23)26-18/h2-6,8,13,15-16,18,23-25H,7H2,1H3/t13-,15-,16-,18-/m1/s1. The summed E-state index contributed by atoms with van der Waals surface area (Å²) in [5.41, 5.74) is 3.15. The van der Waals surface area contributed by atoms with Crippen molar-refractivity contribution in [2.24, 2.45) is 0 Å². The molecule has 26 heavy (non-hydrogen) atoms. The van der Waals surface area contributed by atoms with E-state index >= 15 is 0 Å². The van der Waals surface area contributed by atoms with Gasteiger partial charge in [-0.25, -0.2) is 9.97 Å². The van der Waals surface area contributed by atoms with Gasteiger partial charge in [-0.15, -0.1) is 0 Å². The number of fused-ring (bicyclic) bond motifs is 1. The Balaban J connectivity index is 1.89. The van der Waals surface area contributed by atoms with Crippen LogP contribution in [-0.4, -0.2) is 54.8 Å². The summed E-state index contributed by atoms with van der Waals surface area (Å²) in [5.74, 6) is 0. The molecule has 7 nitrogen and oxygen atoms in total. The Morgan fingerprint density at radius 2 is 1.88 bits per heavy atom. The third-order valence-corrected chi connectivity index (χ3v) is 5.00. The first-order valence-electron chi connectivity index (χ1n) is 8.21. The molecule has 0 radical (unpaired) electrons. The minimum absolute atomic E-state index is 0.383. The molecule has 0 amide bonds. The average Bonchev–Trinajstić information content (AvgIpc) is 3.15. The maximum absolute atomic E-state index is 10.4. The van der Waals surface area contributed by atoms with Gasteiger partial charge in [0, 0.05) is 22.2 Å². The van der Waals surface area contributed by atoms with Crippen molar-refractivity contribution in [3.05, 3.63) is 47.5 Å². The highest BCUT2D eigenvalue weighted by molar-refractivity contribution is 6.30. The van der Waals surface area contributed by atoms with Gasteiger partial charge in [0.2, 0.25) is 0 Å². The largest absolute Gasteiger partial charge is 0.394 e. The molecule has 0 unspecified atom stereocenters. The lowest BCUT2D eigenvalue weighted by molar-refractivity contribution is -0.0508. The molecule has 136 valence electrons. The molecule has 3 aromatic rings.